The Hall–Kier alpha value is -4.29. The van der Waals surface area contributed by atoms with E-state index >= 15 is 0 Å². The number of nitrogens with zero attached hydrogens (tertiary/aromatic N) is 2. The van der Waals surface area contributed by atoms with E-state index in [9.17, 15) is 67.7 Å². The summed E-state index contributed by atoms with van der Waals surface area (Å²) < 4.78 is 156. The van der Waals surface area contributed by atoms with Gasteiger partial charge >= 0.3 is 24.7 Å². The third kappa shape index (κ3) is 8.17. The lowest BCUT2D eigenvalue weighted by Crippen LogP contribution is -2.53. The van der Waals surface area contributed by atoms with Crippen molar-refractivity contribution in [1.82, 2.24) is 0 Å². The molecule has 0 radical (unpaired) electrons. The topological polar surface area (TPSA) is 64.0 Å². The van der Waals surface area contributed by atoms with E-state index in [-0.39, 0.29) is 6.54 Å². The summed E-state index contributed by atoms with van der Waals surface area (Å²) in [5.41, 5.74) is -6.90. The van der Waals surface area contributed by atoms with Crippen molar-refractivity contribution in [2.24, 2.45) is 0 Å². The Balaban J connectivity index is 0.000000211. The molecule has 2 aliphatic heterocycles. The monoisotopic (exact) mass is 856 g/mol. The first-order valence-corrected chi connectivity index (χ1v) is 17.0. The molecule has 2 N–H and O–H groups in total. The van der Waals surface area contributed by atoms with Gasteiger partial charge in [-0.05, 0) is 71.5 Å². The quantitative estimate of drug-likeness (QED) is 0.143. The van der Waals surface area contributed by atoms with E-state index in [0.29, 0.717) is 67.0 Å². The maximum absolute atomic E-state index is 12.9. The van der Waals surface area contributed by atoms with Crippen LogP contribution >= 0.6 is 15.9 Å². The third-order valence-corrected chi connectivity index (χ3v) is 9.89. The van der Waals surface area contributed by atoms with E-state index in [1.807, 2.05) is 28.0 Å². The molecule has 55 heavy (non-hydrogen) atoms. The van der Waals surface area contributed by atoms with Crippen LogP contribution in [0.15, 0.2) is 89.4 Å². The predicted molar refractivity (Wildman–Crippen MR) is 180 cm³/mol. The van der Waals surface area contributed by atoms with Crippen LogP contribution in [-0.4, -0.2) is 54.3 Å². The van der Waals surface area contributed by atoms with Crippen molar-refractivity contribution >= 4 is 33.6 Å². The van der Waals surface area contributed by atoms with Crippen LogP contribution in [0.5, 0.6) is 0 Å². The van der Waals surface area contributed by atoms with Crippen molar-refractivity contribution in [1.29, 1.82) is 0 Å². The van der Waals surface area contributed by atoms with Gasteiger partial charge in [-0.3, -0.25) is 4.79 Å². The van der Waals surface area contributed by atoms with Crippen molar-refractivity contribution in [2.75, 3.05) is 22.9 Å². The Bertz CT molecular complexity index is 1970. The van der Waals surface area contributed by atoms with E-state index < -0.39 is 47.0 Å². The highest BCUT2D eigenvalue weighted by Crippen LogP contribution is 2.51. The van der Waals surface area contributed by atoms with Gasteiger partial charge in [0, 0.05) is 58.7 Å². The fraction of sp³-hybridized carbons (Fsp3) is 0.324. The van der Waals surface area contributed by atoms with Crippen LogP contribution in [-0.2, 0) is 37.1 Å². The van der Waals surface area contributed by atoms with E-state index in [1.165, 1.54) is 12.1 Å². The molecule has 0 bridgehead atoms. The molecular weight excluding hydrogens is 828 g/mol. The second-order valence-electron chi connectivity index (χ2n) is 12.9. The molecule has 0 atom stereocenters. The average molecular weight is 858 g/mol. The highest BCUT2D eigenvalue weighted by atomic mass is 79.9. The predicted octanol–water partition coefficient (Wildman–Crippen LogP) is 9.70. The van der Waals surface area contributed by atoms with E-state index in [2.05, 4.69) is 15.9 Å². The van der Waals surface area contributed by atoms with E-state index in [1.54, 1.807) is 18.2 Å². The number of anilines is 2. The minimum absolute atomic E-state index is 0.268. The third-order valence-electron chi connectivity index (χ3n) is 9.40. The highest BCUT2D eigenvalue weighted by molar-refractivity contribution is 9.10. The largest absolute Gasteiger partial charge is 0.430 e. The molecule has 0 amide bonds. The van der Waals surface area contributed by atoms with Gasteiger partial charge < -0.3 is 20.0 Å². The number of aldehydes is 1. The molecule has 6 rings (SSSR count). The molecule has 296 valence electrons. The molecule has 0 saturated carbocycles. The van der Waals surface area contributed by atoms with Gasteiger partial charge in [-0.1, -0.05) is 64.5 Å². The van der Waals surface area contributed by atoms with Crippen molar-refractivity contribution in [3.63, 3.8) is 0 Å². The zero-order chi connectivity index (χ0) is 40.8. The molecule has 0 unspecified atom stereocenters. The summed E-state index contributed by atoms with van der Waals surface area (Å²) in [6.07, 6.45) is -21.4. The summed E-state index contributed by atoms with van der Waals surface area (Å²) in [5, 5.41) is 18.8. The van der Waals surface area contributed by atoms with Crippen LogP contribution in [0, 0.1) is 0 Å². The standard InChI is InChI=1S/C19H15F6NO2.C18H14BrF6NO/c20-18(21,22)17(28,19(23,24)25)15-4-1-12(2-5-15)10-26-8-7-14-9-13(11-27)3-6-16(14)26;19-14-5-6-15-12(9-14)7-8-26(15)10-11-1-3-13(4-2-11)16(27,17(20,21)22)18(23,24)25/h1-6,9,11,28H,7-8,10H2;1-6,9,27H,7-8,10H2. The van der Waals surface area contributed by atoms with Crippen LogP contribution in [0.3, 0.4) is 0 Å². The van der Waals surface area contributed by atoms with Crippen LogP contribution in [0.1, 0.15) is 43.7 Å². The van der Waals surface area contributed by atoms with Crippen LogP contribution < -0.4 is 9.80 Å². The molecule has 0 aromatic heterocycles. The Morgan fingerprint density at radius 2 is 0.909 bits per heavy atom. The molecule has 0 saturated heterocycles. The Morgan fingerprint density at radius 3 is 1.27 bits per heavy atom. The fourth-order valence-electron chi connectivity index (χ4n) is 6.45. The first kappa shape index (κ1) is 41.9. The van der Waals surface area contributed by atoms with Gasteiger partial charge in [0.2, 0.25) is 0 Å². The molecule has 0 spiro atoms. The minimum atomic E-state index is -5.91. The van der Waals surface area contributed by atoms with Crippen molar-refractivity contribution < 1.29 is 67.7 Å². The molecule has 4 aromatic rings. The number of halogens is 13. The van der Waals surface area contributed by atoms with Gasteiger partial charge in [-0.2, -0.15) is 52.7 Å². The molecular formula is C37H29BrF12N2O3. The van der Waals surface area contributed by atoms with Gasteiger partial charge in [0.25, 0.3) is 11.2 Å². The second-order valence-corrected chi connectivity index (χ2v) is 13.8. The number of rotatable bonds is 7. The first-order valence-electron chi connectivity index (χ1n) is 16.2. The van der Waals surface area contributed by atoms with Crippen molar-refractivity contribution in [3.8, 4) is 0 Å². The number of hydrogen-bond acceptors (Lipinski definition) is 5. The van der Waals surface area contributed by atoms with Crippen LogP contribution in [0.2, 0.25) is 0 Å². The summed E-state index contributed by atoms with van der Waals surface area (Å²) in [4.78, 5) is 14.8. The fourth-order valence-corrected chi connectivity index (χ4v) is 6.86. The van der Waals surface area contributed by atoms with Crippen molar-refractivity contribution in [3.05, 3.63) is 128 Å². The number of carbonyl (C=O) groups is 1. The smallest absolute Gasteiger partial charge is 0.369 e. The summed E-state index contributed by atoms with van der Waals surface area (Å²) in [7, 11) is 0. The molecule has 0 aliphatic carbocycles. The normalized spacial score (nSPS) is 15.0. The maximum Gasteiger partial charge on any atom is 0.430 e. The Kier molecular flexibility index (Phi) is 11.4. The molecule has 5 nitrogen and oxygen atoms in total. The summed E-state index contributed by atoms with van der Waals surface area (Å²) in [6, 6.07) is 18.2. The number of fused-ring (bicyclic) bond motifs is 2. The maximum atomic E-state index is 12.9. The SMILES string of the molecule is O=Cc1ccc2c(c1)CCN2Cc1ccc(C(O)(C(F)(F)F)C(F)(F)F)cc1.OC(c1ccc(CN2CCc3cc(Br)ccc32)cc1)(C(F)(F)F)C(F)(F)F. The van der Waals surface area contributed by atoms with Gasteiger partial charge in [-0.15, -0.1) is 0 Å². The summed E-state index contributed by atoms with van der Waals surface area (Å²) in [5.74, 6) is 0. The van der Waals surface area contributed by atoms with Crippen LogP contribution in [0.25, 0.3) is 0 Å². The van der Waals surface area contributed by atoms with Crippen LogP contribution in [0.4, 0.5) is 64.1 Å². The molecule has 2 aliphatic rings. The number of benzene rings is 4. The second kappa shape index (κ2) is 15.0. The van der Waals surface area contributed by atoms with Gasteiger partial charge in [0.1, 0.15) is 6.29 Å². The Labute approximate surface area is 313 Å². The first-order chi connectivity index (χ1) is 25.4. The lowest BCUT2D eigenvalue weighted by Gasteiger charge is -2.32. The zero-order valence-electron chi connectivity index (χ0n) is 28.0. The Morgan fingerprint density at radius 1 is 0.545 bits per heavy atom. The van der Waals surface area contributed by atoms with E-state index in [0.717, 1.165) is 51.8 Å². The lowest BCUT2D eigenvalue weighted by molar-refractivity contribution is -0.376. The van der Waals surface area contributed by atoms with E-state index in [4.69, 9.17) is 0 Å². The lowest BCUT2D eigenvalue weighted by atomic mass is 9.91. The number of alkyl halides is 12. The molecule has 0 fully saturated rings. The minimum Gasteiger partial charge on any atom is -0.369 e. The van der Waals surface area contributed by atoms with Gasteiger partial charge in [0.05, 0.1) is 0 Å². The number of hydrogen-bond donors (Lipinski definition) is 2. The molecule has 2 heterocycles. The zero-order valence-corrected chi connectivity index (χ0v) is 29.6. The number of carbonyl (C=O) groups excluding carboxylic acids is 1. The summed E-state index contributed by atoms with van der Waals surface area (Å²) in [6.45, 7) is 1.91. The average Bonchev–Trinajstić information content (AvgIpc) is 3.69. The summed E-state index contributed by atoms with van der Waals surface area (Å²) >= 11 is 3.38. The highest BCUT2D eigenvalue weighted by Gasteiger charge is 2.72. The molecule has 18 heteroatoms. The number of aliphatic hydroxyl groups is 2. The van der Waals surface area contributed by atoms with Crippen molar-refractivity contribution in [2.45, 2.75) is 61.8 Å². The van der Waals surface area contributed by atoms with Gasteiger partial charge in [0.15, 0.2) is 0 Å². The van der Waals surface area contributed by atoms with Gasteiger partial charge in [-0.25, -0.2) is 0 Å². The molecule has 4 aromatic carbocycles.